The van der Waals surface area contributed by atoms with Gasteiger partial charge in [-0.3, -0.25) is 0 Å². The van der Waals surface area contributed by atoms with E-state index in [9.17, 15) is 4.79 Å². The number of nitrogens with zero attached hydrogens (tertiary/aromatic N) is 4. The number of carbonyl (C=O) groups excluding carboxylic acids is 1. The van der Waals surface area contributed by atoms with Gasteiger partial charge in [0.25, 0.3) is 0 Å². The van der Waals surface area contributed by atoms with Crippen LogP contribution in [0.5, 0.6) is 0 Å². The van der Waals surface area contributed by atoms with E-state index in [-0.39, 0.29) is 11.4 Å². The lowest BCUT2D eigenvalue weighted by Gasteiger charge is -2.55. The van der Waals surface area contributed by atoms with Crippen LogP contribution in [-0.4, -0.2) is 26.9 Å². The minimum atomic E-state index is -0.361. The molecule has 2 aromatic rings. The van der Waals surface area contributed by atoms with Gasteiger partial charge in [0.15, 0.2) is 5.70 Å². The Balaban J connectivity index is 1.30. The Morgan fingerprint density at radius 1 is 1.04 bits per heavy atom. The molecule has 4 fully saturated rings. The summed E-state index contributed by atoms with van der Waals surface area (Å²) in [4.78, 5) is 18.7. The van der Waals surface area contributed by atoms with Crippen LogP contribution in [0.25, 0.3) is 11.8 Å². The third-order valence-corrected chi connectivity index (χ3v) is 6.89. The number of aromatic nitrogens is 3. The van der Waals surface area contributed by atoms with Crippen LogP contribution in [0.15, 0.2) is 47.2 Å². The number of benzene rings is 1. The molecule has 0 unspecified atom stereocenters. The molecule has 6 nitrogen and oxygen atoms in total. The molecule has 0 N–H and O–H groups in total. The SMILES string of the molecule is O=C1OC(C23CC4CC(CC(C4)C2)C3)=N/C1=C/c1cnn(-c2ccccc2)n1. The van der Waals surface area contributed by atoms with Crippen LogP contribution in [0.4, 0.5) is 0 Å². The van der Waals surface area contributed by atoms with Crippen LogP contribution < -0.4 is 0 Å². The Morgan fingerprint density at radius 3 is 2.39 bits per heavy atom. The molecule has 0 radical (unpaired) electrons. The van der Waals surface area contributed by atoms with E-state index in [2.05, 4.69) is 15.2 Å². The summed E-state index contributed by atoms with van der Waals surface area (Å²) in [7, 11) is 0. The van der Waals surface area contributed by atoms with Crippen molar-refractivity contribution in [2.45, 2.75) is 38.5 Å². The third-order valence-electron chi connectivity index (χ3n) is 6.89. The maximum atomic E-state index is 12.5. The minimum absolute atomic E-state index is 0.0123. The predicted octanol–water partition coefficient (Wildman–Crippen LogP) is 3.78. The van der Waals surface area contributed by atoms with E-state index in [1.165, 1.54) is 19.3 Å². The quantitative estimate of drug-likeness (QED) is 0.606. The van der Waals surface area contributed by atoms with E-state index in [0.717, 1.165) is 42.7 Å². The molecule has 4 aliphatic carbocycles. The fraction of sp³-hybridized carbons (Fsp3) is 0.455. The number of cyclic esters (lactones) is 1. The molecule has 6 heteroatoms. The number of aliphatic imine (C=N–C) groups is 1. The maximum absolute atomic E-state index is 12.5. The molecule has 7 rings (SSSR count). The Morgan fingerprint density at radius 2 is 1.71 bits per heavy atom. The van der Waals surface area contributed by atoms with Crippen molar-refractivity contribution >= 4 is 17.9 Å². The number of hydrogen-bond acceptors (Lipinski definition) is 5. The van der Waals surface area contributed by atoms with Crippen LogP contribution in [0.2, 0.25) is 0 Å². The fourth-order valence-electron chi connectivity index (χ4n) is 6.18. The van der Waals surface area contributed by atoms with E-state index >= 15 is 0 Å². The molecule has 4 saturated carbocycles. The van der Waals surface area contributed by atoms with Crippen LogP contribution in [-0.2, 0) is 9.53 Å². The maximum Gasteiger partial charge on any atom is 0.363 e. The first-order valence-corrected chi connectivity index (χ1v) is 10.2. The van der Waals surface area contributed by atoms with Gasteiger partial charge in [0.2, 0.25) is 5.90 Å². The van der Waals surface area contributed by atoms with Gasteiger partial charge in [-0.1, -0.05) is 18.2 Å². The van der Waals surface area contributed by atoms with E-state index in [0.29, 0.717) is 17.3 Å². The predicted molar refractivity (Wildman–Crippen MR) is 103 cm³/mol. The van der Waals surface area contributed by atoms with Crippen molar-refractivity contribution in [1.82, 2.24) is 15.0 Å². The molecular formula is C22H22N4O2. The van der Waals surface area contributed by atoms with E-state index in [1.54, 1.807) is 17.1 Å². The number of hydrogen-bond donors (Lipinski definition) is 0. The second-order valence-electron chi connectivity index (χ2n) is 8.93. The fourth-order valence-corrected chi connectivity index (χ4v) is 6.18. The molecule has 0 saturated heterocycles. The summed E-state index contributed by atoms with van der Waals surface area (Å²) in [5.41, 5.74) is 1.80. The van der Waals surface area contributed by atoms with Gasteiger partial charge in [0, 0.05) is 11.5 Å². The van der Waals surface area contributed by atoms with Crippen molar-refractivity contribution < 1.29 is 9.53 Å². The van der Waals surface area contributed by atoms with Gasteiger partial charge in [0.05, 0.1) is 11.9 Å². The Labute approximate surface area is 163 Å². The van der Waals surface area contributed by atoms with Crippen molar-refractivity contribution in [1.29, 1.82) is 0 Å². The Kier molecular flexibility index (Phi) is 3.40. The molecule has 1 aromatic heterocycles. The number of rotatable bonds is 3. The van der Waals surface area contributed by atoms with Gasteiger partial charge in [0.1, 0.15) is 5.69 Å². The number of ether oxygens (including phenoxy) is 1. The van der Waals surface area contributed by atoms with Crippen molar-refractivity contribution in [3.05, 3.63) is 47.9 Å². The first kappa shape index (κ1) is 16.2. The highest BCUT2D eigenvalue weighted by molar-refractivity contribution is 6.08. The molecule has 28 heavy (non-hydrogen) atoms. The molecule has 0 amide bonds. The zero-order chi connectivity index (χ0) is 18.7. The van der Waals surface area contributed by atoms with Crippen molar-refractivity contribution in [3.8, 4) is 5.69 Å². The molecule has 1 aromatic carbocycles. The van der Waals surface area contributed by atoms with Gasteiger partial charge in [-0.25, -0.2) is 9.79 Å². The average Bonchev–Trinajstić information content (AvgIpc) is 3.29. The highest BCUT2D eigenvalue weighted by Gasteiger charge is 2.55. The highest BCUT2D eigenvalue weighted by atomic mass is 16.6. The average molecular weight is 374 g/mol. The van der Waals surface area contributed by atoms with Gasteiger partial charge in [-0.2, -0.15) is 9.90 Å². The first-order valence-electron chi connectivity index (χ1n) is 10.2. The smallest absolute Gasteiger partial charge is 0.363 e. The molecule has 2 heterocycles. The van der Waals surface area contributed by atoms with E-state index in [4.69, 9.17) is 4.74 Å². The van der Waals surface area contributed by atoms with Crippen LogP contribution in [0, 0.1) is 23.2 Å². The summed E-state index contributed by atoms with van der Waals surface area (Å²) in [6, 6.07) is 9.69. The van der Waals surface area contributed by atoms with Gasteiger partial charge in [-0.15, -0.1) is 5.10 Å². The summed E-state index contributed by atoms with van der Waals surface area (Å²) < 4.78 is 5.71. The summed E-state index contributed by atoms with van der Waals surface area (Å²) >= 11 is 0. The number of esters is 1. The summed E-state index contributed by atoms with van der Waals surface area (Å²) in [6.07, 6.45) is 10.8. The normalized spacial score (nSPS) is 34.7. The van der Waals surface area contributed by atoms with Crippen LogP contribution >= 0.6 is 0 Å². The molecule has 0 spiro atoms. The molecular weight excluding hydrogens is 352 g/mol. The molecule has 4 bridgehead atoms. The third kappa shape index (κ3) is 2.54. The number of para-hydroxylation sites is 1. The van der Waals surface area contributed by atoms with Crippen molar-refractivity contribution in [2.24, 2.45) is 28.2 Å². The molecule has 0 atom stereocenters. The highest BCUT2D eigenvalue weighted by Crippen LogP contribution is 2.61. The molecule has 142 valence electrons. The lowest BCUT2D eigenvalue weighted by Crippen LogP contribution is -2.50. The largest absolute Gasteiger partial charge is 0.406 e. The standard InChI is InChI=1S/C22H22N4O2/c27-20-19(9-17-13-23-26(25-17)18-4-2-1-3-5-18)24-21(28-20)22-10-14-6-15(11-22)8-16(7-14)12-22/h1-5,9,13-16H,6-8,10-12H2/b19-9+. The molecule has 1 aliphatic heterocycles. The molecule has 5 aliphatic rings. The van der Waals surface area contributed by atoms with E-state index < -0.39 is 0 Å². The summed E-state index contributed by atoms with van der Waals surface area (Å²) in [5, 5.41) is 8.74. The Bertz CT molecular complexity index is 969. The van der Waals surface area contributed by atoms with Gasteiger partial charge >= 0.3 is 5.97 Å². The summed E-state index contributed by atoms with van der Waals surface area (Å²) in [6.45, 7) is 0. The second kappa shape index (κ2) is 5.87. The van der Waals surface area contributed by atoms with Crippen LogP contribution in [0.1, 0.15) is 44.2 Å². The monoisotopic (exact) mass is 374 g/mol. The lowest BCUT2D eigenvalue weighted by molar-refractivity contribution is -0.131. The topological polar surface area (TPSA) is 69.4 Å². The van der Waals surface area contributed by atoms with E-state index in [1.807, 2.05) is 30.3 Å². The minimum Gasteiger partial charge on any atom is -0.406 e. The Hall–Kier alpha value is -2.76. The number of carbonyl (C=O) groups is 1. The summed E-state index contributed by atoms with van der Waals surface area (Å²) in [5.74, 6) is 2.66. The van der Waals surface area contributed by atoms with Crippen LogP contribution in [0.3, 0.4) is 0 Å². The zero-order valence-corrected chi connectivity index (χ0v) is 15.6. The van der Waals surface area contributed by atoms with Gasteiger partial charge < -0.3 is 4.74 Å². The second-order valence-corrected chi connectivity index (χ2v) is 8.93. The van der Waals surface area contributed by atoms with Crippen molar-refractivity contribution in [3.63, 3.8) is 0 Å². The van der Waals surface area contributed by atoms with Gasteiger partial charge in [-0.05, 0) is 68.4 Å². The lowest BCUT2D eigenvalue weighted by atomic mass is 9.49. The van der Waals surface area contributed by atoms with Crippen molar-refractivity contribution in [2.75, 3.05) is 0 Å². The first-order chi connectivity index (χ1) is 13.7. The zero-order valence-electron chi connectivity index (χ0n) is 15.6.